The molecule has 118 valence electrons. The van der Waals surface area contributed by atoms with Crippen molar-refractivity contribution in [3.05, 3.63) is 29.8 Å². The van der Waals surface area contributed by atoms with Gasteiger partial charge in [-0.15, -0.1) is 0 Å². The largest absolute Gasteiger partial charge is 0.493 e. The highest BCUT2D eigenvalue weighted by molar-refractivity contribution is 5.36. The van der Waals surface area contributed by atoms with E-state index in [1.165, 1.54) is 0 Å². The van der Waals surface area contributed by atoms with Crippen LogP contribution in [0.3, 0.4) is 0 Å². The average Bonchev–Trinajstić information content (AvgIpc) is 2.48. The zero-order valence-corrected chi connectivity index (χ0v) is 12.4. The zero-order chi connectivity index (χ0) is 15.3. The number of nitrogens with one attached hydrogen (secondary N) is 1. The summed E-state index contributed by atoms with van der Waals surface area (Å²) < 4.78 is 32.4. The summed E-state index contributed by atoms with van der Waals surface area (Å²) in [6.45, 7) is 2.68. The van der Waals surface area contributed by atoms with Crippen LogP contribution in [0.2, 0.25) is 0 Å². The number of ether oxygens (including phenoxy) is 1. The van der Waals surface area contributed by atoms with Gasteiger partial charge in [0, 0.05) is 18.4 Å². The van der Waals surface area contributed by atoms with Crippen molar-refractivity contribution in [2.24, 2.45) is 11.8 Å². The average molecular weight is 298 g/mol. The Kier molecular flexibility index (Phi) is 5.53. The van der Waals surface area contributed by atoms with Gasteiger partial charge in [-0.25, -0.2) is 8.78 Å². The monoisotopic (exact) mass is 298 g/mol. The number of nitrogens with two attached hydrogens (primary N) is 1. The molecule has 0 bridgehead atoms. The molecule has 1 atom stereocenters. The van der Waals surface area contributed by atoms with E-state index in [0.717, 1.165) is 17.7 Å². The van der Waals surface area contributed by atoms with E-state index in [1.807, 2.05) is 31.2 Å². The number of alkyl halides is 2. The Morgan fingerprint density at radius 2 is 2.00 bits per heavy atom. The molecule has 3 nitrogen and oxygen atoms in total. The lowest BCUT2D eigenvalue weighted by molar-refractivity contribution is -0.0498. The number of benzene rings is 1. The van der Waals surface area contributed by atoms with Crippen molar-refractivity contribution in [1.29, 1.82) is 0 Å². The van der Waals surface area contributed by atoms with Gasteiger partial charge in [0.05, 0.1) is 12.6 Å². The number of hydrogen-bond donors (Lipinski definition) is 2. The van der Waals surface area contributed by atoms with Crippen molar-refractivity contribution in [2.45, 2.75) is 51.0 Å². The summed E-state index contributed by atoms with van der Waals surface area (Å²) >= 11 is 0. The molecule has 1 unspecified atom stereocenters. The lowest BCUT2D eigenvalue weighted by atomic mass is 9.79. The van der Waals surface area contributed by atoms with Gasteiger partial charge in [-0.2, -0.15) is 0 Å². The van der Waals surface area contributed by atoms with Crippen molar-refractivity contribution in [1.82, 2.24) is 5.43 Å². The van der Waals surface area contributed by atoms with E-state index in [2.05, 4.69) is 5.43 Å². The van der Waals surface area contributed by atoms with Crippen molar-refractivity contribution < 1.29 is 13.5 Å². The number of rotatable bonds is 6. The Hall–Kier alpha value is -1.20. The smallest absolute Gasteiger partial charge is 0.248 e. The van der Waals surface area contributed by atoms with Crippen molar-refractivity contribution >= 4 is 0 Å². The van der Waals surface area contributed by atoms with Gasteiger partial charge in [0.15, 0.2) is 0 Å². The van der Waals surface area contributed by atoms with Crippen molar-refractivity contribution in [3.63, 3.8) is 0 Å². The maximum absolute atomic E-state index is 13.3. The fourth-order valence-corrected chi connectivity index (χ4v) is 2.96. The SMILES string of the molecule is CCCOc1ccccc1C(NN)C1CCC(F)(F)CC1. The van der Waals surface area contributed by atoms with E-state index in [1.54, 1.807) is 0 Å². The molecule has 5 heteroatoms. The van der Waals surface area contributed by atoms with Crippen LogP contribution in [0.1, 0.15) is 50.6 Å². The molecule has 0 amide bonds. The summed E-state index contributed by atoms with van der Waals surface area (Å²) in [6, 6.07) is 7.57. The Morgan fingerprint density at radius 3 is 2.62 bits per heavy atom. The van der Waals surface area contributed by atoms with Crippen LogP contribution in [0, 0.1) is 5.92 Å². The number of hydrogen-bond acceptors (Lipinski definition) is 3. The zero-order valence-electron chi connectivity index (χ0n) is 12.4. The molecule has 1 aromatic rings. The molecule has 0 spiro atoms. The van der Waals surface area contributed by atoms with Crippen LogP contribution in [-0.4, -0.2) is 12.5 Å². The first kappa shape index (κ1) is 16.2. The Bertz CT molecular complexity index is 444. The molecule has 1 aliphatic rings. The highest BCUT2D eigenvalue weighted by Crippen LogP contribution is 2.42. The van der Waals surface area contributed by atoms with E-state index in [4.69, 9.17) is 10.6 Å². The van der Waals surface area contributed by atoms with E-state index in [0.29, 0.717) is 19.4 Å². The minimum absolute atomic E-state index is 0.0617. The van der Waals surface area contributed by atoms with Gasteiger partial charge in [0.2, 0.25) is 5.92 Å². The first-order valence-electron chi connectivity index (χ1n) is 7.63. The van der Waals surface area contributed by atoms with Gasteiger partial charge in [0.25, 0.3) is 0 Å². The number of hydrazine groups is 1. The van der Waals surface area contributed by atoms with Crippen LogP contribution in [0.25, 0.3) is 0 Å². The van der Waals surface area contributed by atoms with Crippen LogP contribution in [0.5, 0.6) is 5.75 Å². The normalized spacial score (nSPS) is 20.2. The molecular weight excluding hydrogens is 274 g/mol. The van der Waals surface area contributed by atoms with Gasteiger partial charge in [-0.05, 0) is 31.2 Å². The second-order valence-electron chi connectivity index (χ2n) is 5.72. The molecule has 0 radical (unpaired) electrons. The van der Waals surface area contributed by atoms with Crippen LogP contribution < -0.4 is 16.0 Å². The lowest BCUT2D eigenvalue weighted by Gasteiger charge is -2.34. The van der Waals surface area contributed by atoms with Gasteiger partial charge in [0.1, 0.15) is 5.75 Å². The standard InChI is InChI=1S/C16H24F2N2O/c1-2-11-21-14-6-4-3-5-13(14)15(20-19)12-7-9-16(17,18)10-8-12/h3-6,12,15,20H,2,7-11,19H2,1H3. The predicted molar refractivity (Wildman–Crippen MR) is 79.2 cm³/mol. The number of halogens is 2. The highest BCUT2D eigenvalue weighted by Gasteiger charge is 2.38. The summed E-state index contributed by atoms with van der Waals surface area (Å²) in [5.41, 5.74) is 3.77. The van der Waals surface area contributed by atoms with Gasteiger partial charge < -0.3 is 4.74 Å². The van der Waals surface area contributed by atoms with E-state index >= 15 is 0 Å². The molecule has 1 aliphatic carbocycles. The highest BCUT2D eigenvalue weighted by atomic mass is 19.3. The first-order valence-corrected chi connectivity index (χ1v) is 7.63. The van der Waals surface area contributed by atoms with Crippen LogP contribution in [-0.2, 0) is 0 Å². The molecule has 1 saturated carbocycles. The van der Waals surface area contributed by atoms with Crippen molar-refractivity contribution in [3.8, 4) is 5.75 Å². The van der Waals surface area contributed by atoms with Gasteiger partial charge >= 0.3 is 0 Å². The molecule has 0 aromatic heterocycles. The maximum atomic E-state index is 13.3. The molecule has 0 heterocycles. The molecule has 0 aliphatic heterocycles. The third-order valence-corrected chi connectivity index (χ3v) is 4.13. The summed E-state index contributed by atoms with van der Waals surface area (Å²) in [5.74, 6) is 4.09. The summed E-state index contributed by atoms with van der Waals surface area (Å²) in [5, 5.41) is 0. The molecule has 2 rings (SSSR count). The molecule has 3 N–H and O–H groups in total. The third kappa shape index (κ3) is 4.14. The van der Waals surface area contributed by atoms with Gasteiger partial charge in [-0.3, -0.25) is 11.3 Å². The first-order chi connectivity index (χ1) is 10.1. The molecule has 0 saturated heterocycles. The number of para-hydroxylation sites is 1. The van der Waals surface area contributed by atoms with Crippen LogP contribution in [0.4, 0.5) is 8.78 Å². The molecular formula is C16H24F2N2O. The fourth-order valence-electron chi connectivity index (χ4n) is 2.96. The van der Waals surface area contributed by atoms with E-state index in [-0.39, 0.29) is 24.8 Å². The Balaban J connectivity index is 2.14. The van der Waals surface area contributed by atoms with E-state index < -0.39 is 5.92 Å². The Morgan fingerprint density at radius 1 is 1.33 bits per heavy atom. The minimum Gasteiger partial charge on any atom is -0.493 e. The molecule has 21 heavy (non-hydrogen) atoms. The van der Waals surface area contributed by atoms with Crippen LogP contribution >= 0.6 is 0 Å². The van der Waals surface area contributed by atoms with E-state index in [9.17, 15) is 8.78 Å². The summed E-state index contributed by atoms with van der Waals surface area (Å²) in [7, 11) is 0. The topological polar surface area (TPSA) is 47.3 Å². The summed E-state index contributed by atoms with van der Waals surface area (Å²) in [4.78, 5) is 0. The quantitative estimate of drug-likeness (QED) is 0.620. The second-order valence-corrected chi connectivity index (χ2v) is 5.72. The van der Waals surface area contributed by atoms with Crippen LogP contribution in [0.15, 0.2) is 24.3 Å². The van der Waals surface area contributed by atoms with Gasteiger partial charge in [-0.1, -0.05) is 25.1 Å². The lowest BCUT2D eigenvalue weighted by Crippen LogP contribution is -2.37. The Labute approximate surface area is 124 Å². The fraction of sp³-hybridized carbons (Fsp3) is 0.625. The molecule has 1 fully saturated rings. The summed E-state index contributed by atoms with van der Waals surface area (Å²) in [6.07, 6.45) is 1.75. The van der Waals surface area contributed by atoms with Crippen molar-refractivity contribution in [2.75, 3.05) is 6.61 Å². The maximum Gasteiger partial charge on any atom is 0.248 e. The predicted octanol–water partition coefficient (Wildman–Crippen LogP) is 3.81. The molecule has 1 aromatic carbocycles. The minimum atomic E-state index is -2.52. The third-order valence-electron chi connectivity index (χ3n) is 4.13. The second kappa shape index (κ2) is 7.18.